The lowest BCUT2D eigenvalue weighted by Gasteiger charge is -2.25. The molecule has 1 aliphatic rings. The van der Waals surface area contributed by atoms with Gasteiger partial charge in [-0.2, -0.15) is 17.4 Å². The lowest BCUT2D eigenvalue weighted by atomic mass is 10.1. The molecule has 0 saturated carbocycles. The second kappa shape index (κ2) is 5.75. The molecule has 0 aromatic carbocycles. The first kappa shape index (κ1) is 13.6. The summed E-state index contributed by atoms with van der Waals surface area (Å²) in [5.41, 5.74) is 0. The molecule has 1 N–H and O–H groups in total. The monoisotopic (exact) mass is 248 g/mol. The molecule has 0 spiro atoms. The van der Waals surface area contributed by atoms with Crippen molar-refractivity contribution in [1.82, 2.24) is 9.03 Å². The Morgan fingerprint density at radius 3 is 2.31 bits per heavy atom. The van der Waals surface area contributed by atoms with E-state index < -0.39 is 10.2 Å². The maximum absolute atomic E-state index is 11.8. The number of nitrogens with one attached hydrogen (secondary N) is 1. The van der Waals surface area contributed by atoms with Crippen LogP contribution in [-0.4, -0.2) is 38.1 Å². The molecule has 0 atom stereocenters. The van der Waals surface area contributed by atoms with E-state index in [4.69, 9.17) is 0 Å². The van der Waals surface area contributed by atoms with Gasteiger partial charge in [0.1, 0.15) is 5.78 Å². The summed E-state index contributed by atoms with van der Waals surface area (Å²) in [7, 11) is -3.45. The Hall–Kier alpha value is -0.460. The molecule has 1 aliphatic heterocycles. The van der Waals surface area contributed by atoms with E-state index in [1.807, 2.05) is 0 Å². The number of ketones is 1. The molecule has 1 heterocycles. The second-order valence-corrected chi connectivity index (χ2v) is 6.16. The van der Waals surface area contributed by atoms with Crippen molar-refractivity contribution in [1.29, 1.82) is 0 Å². The van der Waals surface area contributed by atoms with Gasteiger partial charge in [0, 0.05) is 19.0 Å². The number of hydrogen-bond donors (Lipinski definition) is 1. The Kier molecular flexibility index (Phi) is 4.89. The number of carbonyl (C=O) groups excluding carboxylic acids is 1. The van der Waals surface area contributed by atoms with Gasteiger partial charge in [-0.25, -0.2) is 0 Å². The molecular weight excluding hydrogens is 228 g/mol. The third-order valence-corrected chi connectivity index (χ3v) is 4.28. The highest BCUT2D eigenvalue weighted by molar-refractivity contribution is 7.87. The molecule has 1 fully saturated rings. The lowest BCUT2D eigenvalue weighted by Crippen LogP contribution is -2.45. The van der Waals surface area contributed by atoms with Crippen molar-refractivity contribution < 1.29 is 13.2 Å². The average Bonchev–Trinajstić information content (AvgIpc) is 2.27. The summed E-state index contributed by atoms with van der Waals surface area (Å²) < 4.78 is 27.3. The number of piperidine rings is 1. The maximum atomic E-state index is 11.8. The standard InChI is InChI=1S/C10H20N2O3S/c1-9(2)10(13)8-11-16(14,15)12-6-4-3-5-7-12/h9,11H,3-8H2,1-2H3. The number of nitrogens with zero attached hydrogens (tertiary/aromatic N) is 1. The van der Waals surface area contributed by atoms with Crippen LogP contribution in [0.3, 0.4) is 0 Å². The van der Waals surface area contributed by atoms with Crippen molar-refractivity contribution in [2.24, 2.45) is 5.92 Å². The van der Waals surface area contributed by atoms with E-state index in [0.29, 0.717) is 13.1 Å². The van der Waals surface area contributed by atoms with Gasteiger partial charge in [0.05, 0.1) is 6.54 Å². The first-order chi connectivity index (χ1) is 7.43. The molecule has 94 valence electrons. The lowest BCUT2D eigenvalue weighted by molar-refractivity contribution is -0.120. The molecule has 1 rings (SSSR count). The molecule has 16 heavy (non-hydrogen) atoms. The topological polar surface area (TPSA) is 66.5 Å². The van der Waals surface area contributed by atoms with Crippen LogP contribution in [-0.2, 0) is 15.0 Å². The Bertz CT molecular complexity index is 332. The zero-order valence-electron chi connectivity index (χ0n) is 9.90. The molecule has 0 amide bonds. The predicted octanol–water partition coefficient (Wildman–Crippen LogP) is 0.532. The quantitative estimate of drug-likeness (QED) is 0.772. The molecular formula is C10H20N2O3S. The van der Waals surface area contributed by atoms with Crippen LogP contribution in [0.2, 0.25) is 0 Å². The Balaban J connectivity index is 2.48. The molecule has 0 aromatic heterocycles. The minimum absolute atomic E-state index is 0.0828. The minimum Gasteiger partial charge on any atom is -0.298 e. The first-order valence-corrected chi connectivity index (χ1v) is 7.15. The van der Waals surface area contributed by atoms with Crippen molar-refractivity contribution in [2.45, 2.75) is 33.1 Å². The van der Waals surface area contributed by atoms with E-state index in [9.17, 15) is 13.2 Å². The van der Waals surface area contributed by atoms with Crippen molar-refractivity contribution >= 4 is 16.0 Å². The zero-order valence-corrected chi connectivity index (χ0v) is 10.7. The third kappa shape index (κ3) is 3.84. The van der Waals surface area contributed by atoms with E-state index in [1.54, 1.807) is 13.8 Å². The molecule has 0 bridgehead atoms. The van der Waals surface area contributed by atoms with Crippen LogP contribution in [0.1, 0.15) is 33.1 Å². The van der Waals surface area contributed by atoms with Gasteiger partial charge in [-0.3, -0.25) is 4.79 Å². The van der Waals surface area contributed by atoms with Gasteiger partial charge in [0.25, 0.3) is 10.2 Å². The van der Waals surface area contributed by atoms with Crippen LogP contribution >= 0.6 is 0 Å². The van der Waals surface area contributed by atoms with Crippen molar-refractivity contribution in [2.75, 3.05) is 19.6 Å². The summed E-state index contributed by atoms with van der Waals surface area (Å²) in [6.07, 6.45) is 2.88. The summed E-state index contributed by atoms with van der Waals surface area (Å²) in [5.74, 6) is -0.218. The highest BCUT2D eigenvalue weighted by Crippen LogP contribution is 2.11. The van der Waals surface area contributed by atoms with Gasteiger partial charge >= 0.3 is 0 Å². The average molecular weight is 248 g/mol. The van der Waals surface area contributed by atoms with Crippen LogP contribution < -0.4 is 4.72 Å². The fraction of sp³-hybridized carbons (Fsp3) is 0.900. The van der Waals surface area contributed by atoms with Gasteiger partial charge in [-0.1, -0.05) is 20.3 Å². The summed E-state index contributed by atoms with van der Waals surface area (Å²) in [4.78, 5) is 11.3. The van der Waals surface area contributed by atoms with Crippen LogP contribution in [0, 0.1) is 5.92 Å². The number of Topliss-reactive ketones (excluding diaryl/α,β-unsaturated/α-hetero) is 1. The summed E-state index contributed by atoms with van der Waals surface area (Å²) in [6, 6.07) is 0. The smallest absolute Gasteiger partial charge is 0.279 e. The number of hydrogen-bond acceptors (Lipinski definition) is 3. The van der Waals surface area contributed by atoms with Gasteiger partial charge in [0.2, 0.25) is 0 Å². The fourth-order valence-corrected chi connectivity index (χ4v) is 2.81. The maximum Gasteiger partial charge on any atom is 0.279 e. The summed E-state index contributed by atoms with van der Waals surface area (Å²) in [6.45, 7) is 4.54. The van der Waals surface area contributed by atoms with Gasteiger partial charge in [-0.05, 0) is 12.8 Å². The fourth-order valence-electron chi connectivity index (χ4n) is 1.56. The molecule has 5 nitrogen and oxygen atoms in total. The Morgan fingerprint density at radius 2 is 1.81 bits per heavy atom. The van der Waals surface area contributed by atoms with E-state index in [2.05, 4.69) is 4.72 Å². The van der Waals surface area contributed by atoms with Gasteiger partial charge in [-0.15, -0.1) is 0 Å². The number of carbonyl (C=O) groups is 1. The predicted molar refractivity (Wildman–Crippen MR) is 62.2 cm³/mol. The van der Waals surface area contributed by atoms with Crippen LogP contribution in [0.15, 0.2) is 0 Å². The summed E-state index contributed by atoms with van der Waals surface area (Å²) >= 11 is 0. The molecule has 0 unspecified atom stereocenters. The van der Waals surface area contributed by atoms with E-state index in [-0.39, 0.29) is 18.2 Å². The highest BCUT2D eigenvalue weighted by atomic mass is 32.2. The van der Waals surface area contributed by atoms with Gasteiger partial charge < -0.3 is 0 Å². The molecule has 0 aromatic rings. The SMILES string of the molecule is CC(C)C(=O)CNS(=O)(=O)N1CCCCC1. The highest BCUT2D eigenvalue weighted by Gasteiger charge is 2.24. The van der Waals surface area contributed by atoms with E-state index >= 15 is 0 Å². The Labute approximate surface area is 97.4 Å². The van der Waals surface area contributed by atoms with Crippen molar-refractivity contribution in [3.05, 3.63) is 0 Å². The van der Waals surface area contributed by atoms with Crippen LogP contribution in [0.4, 0.5) is 0 Å². The largest absolute Gasteiger partial charge is 0.298 e. The molecule has 6 heteroatoms. The van der Waals surface area contributed by atoms with Crippen LogP contribution in [0.25, 0.3) is 0 Å². The van der Waals surface area contributed by atoms with Crippen molar-refractivity contribution in [3.8, 4) is 0 Å². The Morgan fingerprint density at radius 1 is 1.25 bits per heavy atom. The minimum atomic E-state index is -3.45. The first-order valence-electron chi connectivity index (χ1n) is 5.71. The van der Waals surface area contributed by atoms with E-state index in [0.717, 1.165) is 19.3 Å². The normalized spacial score (nSPS) is 18.9. The third-order valence-electron chi connectivity index (χ3n) is 2.73. The van der Waals surface area contributed by atoms with Gasteiger partial charge in [0.15, 0.2) is 0 Å². The molecule has 1 saturated heterocycles. The number of rotatable bonds is 5. The molecule has 0 radical (unpaired) electrons. The van der Waals surface area contributed by atoms with Crippen LogP contribution in [0.5, 0.6) is 0 Å². The zero-order chi connectivity index (χ0) is 12.2. The van der Waals surface area contributed by atoms with E-state index in [1.165, 1.54) is 4.31 Å². The second-order valence-electron chi connectivity index (χ2n) is 4.41. The van der Waals surface area contributed by atoms with Crippen molar-refractivity contribution in [3.63, 3.8) is 0 Å². The summed E-state index contributed by atoms with van der Waals surface area (Å²) in [5, 5.41) is 0. The molecule has 0 aliphatic carbocycles.